The highest BCUT2D eigenvalue weighted by atomic mass is 35.5. The summed E-state index contributed by atoms with van der Waals surface area (Å²) >= 11 is 5.59. The van der Waals surface area contributed by atoms with Crippen LogP contribution in [0.5, 0.6) is 0 Å². The van der Waals surface area contributed by atoms with Crippen molar-refractivity contribution in [3.8, 4) is 11.3 Å². The molecular formula is C10H8ClFN2. The molecule has 0 aliphatic rings. The fraction of sp³-hybridized carbons (Fsp3) is 0.100. The maximum absolute atomic E-state index is 12.9. The first-order valence-corrected chi connectivity index (χ1v) is 4.69. The molecule has 1 heterocycles. The first kappa shape index (κ1) is 9.21. The number of aromatic nitrogens is 2. The van der Waals surface area contributed by atoms with Crippen LogP contribution in [0, 0.1) is 5.82 Å². The highest BCUT2D eigenvalue weighted by Gasteiger charge is 2.02. The van der Waals surface area contributed by atoms with Crippen LogP contribution >= 0.6 is 11.6 Å². The van der Waals surface area contributed by atoms with Gasteiger partial charge in [-0.3, -0.25) is 0 Å². The molecule has 0 saturated heterocycles. The minimum atomic E-state index is -0.260. The van der Waals surface area contributed by atoms with Crippen LogP contribution in [0.2, 0.25) is 0 Å². The molecule has 14 heavy (non-hydrogen) atoms. The lowest BCUT2D eigenvalue weighted by molar-refractivity contribution is 0.628. The standard InChI is InChI=1S/C10H8ClFN2/c11-5-10-13-6-9(14-10)7-2-1-3-8(12)4-7/h1-4,6H,5H2,(H,13,14). The third-order valence-electron chi connectivity index (χ3n) is 1.89. The average Bonchev–Trinajstić information content (AvgIpc) is 2.66. The van der Waals surface area contributed by atoms with E-state index in [1.54, 1.807) is 12.3 Å². The van der Waals surface area contributed by atoms with Gasteiger partial charge >= 0.3 is 0 Å². The van der Waals surface area contributed by atoms with Crippen LogP contribution < -0.4 is 0 Å². The normalized spacial score (nSPS) is 10.4. The maximum atomic E-state index is 12.9. The summed E-state index contributed by atoms with van der Waals surface area (Å²) < 4.78 is 12.9. The van der Waals surface area contributed by atoms with E-state index in [4.69, 9.17) is 11.6 Å². The molecule has 2 nitrogen and oxygen atoms in total. The van der Waals surface area contributed by atoms with E-state index in [1.165, 1.54) is 12.1 Å². The molecule has 0 spiro atoms. The van der Waals surface area contributed by atoms with Crippen molar-refractivity contribution >= 4 is 11.6 Å². The van der Waals surface area contributed by atoms with Crippen LogP contribution in [0.3, 0.4) is 0 Å². The van der Waals surface area contributed by atoms with Gasteiger partial charge in [0.05, 0.1) is 17.8 Å². The van der Waals surface area contributed by atoms with Crippen LogP contribution in [0.1, 0.15) is 5.82 Å². The average molecular weight is 211 g/mol. The van der Waals surface area contributed by atoms with Crippen LogP contribution in [-0.2, 0) is 5.88 Å². The van der Waals surface area contributed by atoms with Crippen molar-refractivity contribution in [1.82, 2.24) is 9.97 Å². The molecule has 0 unspecified atom stereocenters. The van der Waals surface area contributed by atoms with E-state index in [9.17, 15) is 4.39 Å². The molecule has 0 fully saturated rings. The third-order valence-corrected chi connectivity index (χ3v) is 2.14. The van der Waals surface area contributed by atoms with Gasteiger partial charge in [-0.25, -0.2) is 9.37 Å². The highest BCUT2D eigenvalue weighted by molar-refractivity contribution is 6.16. The number of hydrogen-bond donors (Lipinski definition) is 1. The fourth-order valence-electron chi connectivity index (χ4n) is 1.23. The lowest BCUT2D eigenvalue weighted by Crippen LogP contribution is -1.81. The van der Waals surface area contributed by atoms with E-state index < -0.39 is 0 Å². The van der Waals surface area contributed by atoms with Crippen LogP contribution in [-0.4, -0.2) is 9.97 Å². The molecule has 0 saturated carbocycles. The lowest BCUT2D eigenvalue weighted by Gasteiger charge is -1.96. The predicted molar refractivity (Wildman–Crippen MR) is 53.5 cm³/mol. The molecule has 72 valence electrons. The number of nitrogens with one attached hydrogen (secondary N) is 1. The second kappa shape index (κ2) is 3.80. The Morgan fingerprint density at radius 1 is 1.43 bits per heavy atom. The Labute approximate surface area is 85.8 Å². The summed E-state index contributed by atoms with van der Waals surface area (Å²) in [7, 11) is 0. The number of H-pyrrole nitrogens is 1. The number of hydrogen-bond acceptors (Lipinski definition) is 1. The van der Waals surface area contributed by atoms with Crippen molar-refractivity contribution in [3.05, 3.63) is 42.1 Å². The Balaban J connectivity index is 2.39. The van der Waals surface area contributed by atoms with Gasteiger partial charge < -0.3 is 4.98 Å². The highest BCUT2D eigenvalue weighted by Crippen LogP contribution is 2.18. The van der Waals surface area contributed by atoms with Crippen LogP contribution in [0.4, 0.5) is 4.39 Å². The number of rotatable bonds is 2. The van der Waals surface area contributed by atoms with Crippen LogP contribution in [0.25, 0.3) is 11.3 Å². The zero-order valence-corrected chi connectivity index (χ0v) is 8.05. The van der Waals surface area contributed by atoms with Gasteiger partial charge in [0.25, 0.3) is 0 Å². The molecule has 0 aliphatic heterocycles. The van der Waals surface area contributed by atoms with E-state index in [0.29, 0.717) is 11.7 Å². The quantitative estimate of drug-likeness (QED) is 0.759. The molecule has 2 aromatic rings. The Kier molecular flexibility index (Phi) is 2.50. The SMILES string of the molecule is Fc1cccc(-c2cnc(CCl)[nH]2)c1. The lowest BCUT2D eigenvalue weighted by atomic mass is 10.2. The Hall–Kier alpha value is -1.35. The van der Waals surface area contributed by atoms with E-state index in [1.807, 2.05) is 6.07 Å². The maximum Gasteiger partial charge on any atom is 0.123 e. The first-order valence-electron chi connectivity index (χ1n) is 4.15. The summed E-state index contributed by atoms with van der Waals surface area (Å²) in [5, 5.41) is 0. The molecule has 0 atom stereocenters. The fourth-order valence-corrected chi connectivity index (χ4v) is 1.37. The molecule has 0 amide bonds. The molecule has 1 N–H and O–H groups in total. The van der Waals surface area contributed by atoms with E-state index in [0.717, 1.165) is 11.3 Å². The zero-order chi connectivity index (χ0) is 9.97. The molecule has 1 aromatic heterocycles. The van der Waals surface area contributed by atoms with Gasteiger partial charge in [0.15, 0.2) is 0 Å². The number of alkyl halides is 1. The largest absolute Gasteiger partial charge is 0.341 e. The summed E-state index contributed by atoms with van der Waals surface area (Å²) in [6, 6.07) is 6.33. The molecule has 1 aromatic carbocycles. The summed E-state index contributed by atoms with van der Waals surface area (Å²) in [6.45, 7) is 0. The van der Waals surface area contributed by atoms with Crippen molar-refractivity contribution in [2.24, 2.45) is 0 Å². The Bertz CT molecular complexity index is 439. The van der Waals surface area contributed by atoms with Gasteiger partial charge in [-0.2, -0.15) is 0 Å². The number of benzene rings is 1. The van der Waals surface area contributed by atoms with Gasteiger partial charge in [-0.05, 0) is 12.1 Å². The van der Waals surface area contributed by atoms with Gasteiger partial charge in [0.2, 0.25) is 0 Å². The molecular weight excluding hydrogens is 203 g/mol. The predicted octanol–water partition coefficient (Wildman–Crippen LogP) is 2.95. The number of imidazole rings is 1. The number of nitrogens with zero attached hydrogens (tertiary/aromatic N) is 1. The minimum Gasteiger partial charge on any atom is -0.341 e. The Morgan fingerprint density at radius 2 is 2.29 bits per heavy atom. The van der Waals surface area contributed by atoms with E-state index in [-0.39, 0.29) is 5.82 Å². The molecule has 0 aliphatic carbocycles. The number of aromatic amines is 1. The summed E-state index contributed by atoms with van der Waals surface area (Å²) in [5.74, 6) is 0.755. The second-order valence-corrected chi connectivity index (χ2v) is 3.15. The molecule has 0 bridgehead atoms. The van der Waals surface area contributed by atoms with Crippen molar-refractivity contribution in [2.75, 3.05) is 0 Å². The molecule has 0 radical (unpaired) electrons. The van der Waals surface area contributed by atoms with Crippen molar-refractivity contribution in [3.63, 3.8) is 0 Å². The zero-order valence-electron chi connectivity index (χ0n) is 7.30. The minimum absolute atomic E-state index is 0.260. The van der Waals surface area contributed by atoms with Crippen molar-refractivity contribution in [2.45, 2.75) is 5.88 Å². The molecule has 2 rings (SSSR count). The monoisotopic (exact) mass is 210 g/mol. The summed E-state index contributed by atoms with van der Waals surface area (Å²) in [6.07, 6.45) is 1.65. The topological polar surface area (TPSA) is 28.7 Å². The second-order valence-electron chi connectivity index (χ2n) is 2.89. The van der Waals surface area contributed by atoms with Gasteiger partial charge in [-0.1, -0.05) is 12.1 Å². The van der Waals surface area contributed by atoms with Crippen molar-refractivity contribution < 1.29 is 4.39 Å². The Morgan fingerprint density at radius 3 is 2.93 bits per heavy atom. The van der Waals surface area contributed by atoms with Gasteiger partial charge in [-0.15, -0.1) is 11.6 Å². The third kappa shape index (κ3) is 1.77. The molecule has 4 heteroatoms. The van der Waals surface area contributed by atoms with E-state index >= 15 is 0 Å². The van der Waals surface area contributed by atoms with Crippen LogP contribution in [0.15, 0.2) is 30.5 Å². The summed E-state index contributed by atoms with van der Waals surface area (Å²) in [5.41, 5.74) is 1.55. The first-order chi connectivity index (χ1) is 6.79. The number of halogens is 2. The van der Waals surface area contributed by atoms with E-state index in [2.05, 4.69) is 9.97 Å². The smallest absolute Gasteiger partial charge is 0.123 e. The summed E-state index contributed by atoms with van der Waals surface area (Å²) in [4.78, 5) is 7.03. The van der Waals surface area contributed by atoms with Crippen molar-refractivity contribution in [1.29, 1.82) is 0 Å². The van der Waals surface area contributed by atoms with Gasteiger partial charge in [0.1, 0.15) is 11.6 Å². The van der Waals surface area contributed by atoms with Gasteiger partial charge in [0, 0.05) is 5.56 Å².